The van der Waals surface area contributed by atoms with Gasteiger partial charge in [-0.2, -0.15) is 0 Å². The van der Waals surface area contributed by atoms with Crippen LogP contribution in [0, 0.1) is 11.8 Å². The molecule has 0 radical (unpaired) electrons. The van der Waals surface area contributed by atoms with E-state index in [0.717, 1.165) is 11.1 Å². The van der Waals surface area contributed by atoms with Crippen molar-refractivity contribution in [3.05, 3.63) is 95.1 Å². The Kier molecular flexibility index (Phi) is 4.06. The molecule has 2 atom stereocenters. The first-order valence-corrected chi connectivity index (χ1v) is 11.0. The molecule has 33 heavy (non-hydrogen) atoms. The number of aliphatic carboxylic acids is 1. The number of carboxylic acids is 1. The molecule has 1 N–H and O–H groups in total. The Balaban J connectivity index is 1.58. The van der Waals surface area contributed by atoms with Crippen LogP contribution in [0.5, 0.6) is 5.75 Å². The van der Waals surface area contributed by atoms with Gasteiger partial charge in [0.1, 0.15) is 11.2 Å². The zero-order valence-corrected chi connectivity index (χ0v) is 17.9. The summed E-state index contributed by atoms with van der Waals surface area (Å²) in [6, 6.07) is 21.5. The Morgan fingerprint density at radius 3 is 2.03 bits per heavy atom. The maximum atomic E-state index is 13.9. The molecule has 3 aliphatic carbocycles. The number of imide groups is 1. The van der Waals surface area contributed by atoms with E-state index in [1.807, 2.05) is 31.2 Å². The van der Waals surface area contributed by atoms with Crippen LogP contribution in [0.1, 0.15) is 35.1 Å². The van der Waals surface area contributed by atoms with Gasteiger partial charge in [0.25, 0.3) is 0 Å². The molecule has 6 nitrogen and oxygen atoms in total. The molecule has 2 bridgehead atoms. The summed E-state index contributed by atoms with van der Waals surface area (Å²) in [6.45, 7) is 2.38. The van der Waals surface area contributed by atoms with E-state index < -0.39 is 29.1 Å². The van der Waals surface area contributed by atoms with Gasteiger partial charge in [-0.1, -0.05) is 48.5 Å². The van der Waals surface area contributed by atoms with Gasteiger partial charge in [-0.05, 0) is 53.4 Å². The van der Waals surface area contributed by atoms with Crippen LogP contribution in [0.15, 0.2) is 72.8 Å². The smallest absolute Gasteiger partial charge is 0.319 e. The van der Waals surface area contributed by atoms with E-state index in [2.05, 4.69) is 0 Å². The van der Waals surface area contributed by atoms with E-state index in [9.17, 15) is 19.5 Å². The minimum Gasteiger partial charge on any atom is -0.494 e. The van der Waals surface area contributed by atoms with Gasteiger partial charge in [0.05, 0.1) is 24.1 Å². The second kappa shape index (κ2) is 6.78. The van der Waals surface area contributed by atoms with Gasteiger partial charge in [0, 0.05) is 5.92 Å². The quantitative estimate of drug-likeness (QED) is 0.627. The predicted octanol–water partition coefficient (Wildman–Crippen LogP) is 3.72. The molecule has 1 heterocycles. The molecule has 0 saturated carbocycles. The zero-order chi connectivity index (χ0) is 22.9. The molecule has 4 aliphatic rings. The average Bonchev–Trinajstić information content (AvgIpc) is 3.10. The topological polar surface area (TPSA) is 83.9 Å². The standard InChI is InChI=1S/C27H21NO5/c1-2-33-16-13-11-15(12-14-16)28-24(29)22-21-17-7-3-5-9-19(17)27(26(31)32,23(22)25(28)30)20-10-6-4-8-18(20)21/h3-14,21-23H,2H2,1H3,(H,31,32)/t21?,22-,23+,27?/m1/s1. The Labute approximate surface area is 190 Å². The highest BCUT2D eigenvalue weighted by molar-refractivity contribution is 6.25. The Hall–Kier alpha value is -3.93. The van der Waals surface area contributed by atoms with Crippen LogP contribution in [-0.2, 0) is 19.8 Å². The lowest BCUT2D eigenvalue weighted by Crippen LogP contribution is -2.57. The van der Waals surface area contributed by atoms with Crippen LogP contribution in [0.2, 0.25) is 0 Å². The second-order valence-corrected chi connectivity index (χ2v) is 8.71. The first kappa shape index (κ1) is 19.7. The van der Waals surface area contributed by atoms with Crippen molar-refractivity contribution in [3.63, 3.8) is 0 Å². The van der Waals surface area contributed by atoms with E-state index in [1.54, 1.807) is 48.5 Å². The second-order valence-electron chi connectivity index (χ2n) is 8.71. The number of carbonyl (C=O) groups excluding carboxylic acids is 2. The third kappa shape index (κ3) is 2.30. The average molecular weight is 439 g/mol. The third-order valence-corrected chi connectivity index (χ3v) is 7.36. The van der Waals surface area contributed by atoms with Crippen molar-refractivity contribution in [2.75, 3.05) is 11.5 Å². The van der Waals surface area contributed by atoms with Crippen molar-refractivity contribution >= 4 is 23.5 Å². The number of hydrogen-bond acceptors (Lipinski definition) is 4. The number of hydrogen-bond donors (Lipinski definition) is 1. The van der Waals surface area contributed by atoms with Gasteiger partial charge in [-0.15, -0.1) is 0 Å². The van der Waals surface area contributed by atoms with Crippen LogP contribution in [-0.4, -0.2) is 29.5 Å². The van der Waals surface area contributed by atoms with Crippen molar-refractivity contribution in [2.24, 2.45) is 11.8 Å². The number of carbonyl (C=O) groups is 3. The lowest BCUT2D eigenvalue weighted by atomic mass is 9.47. The van der Waals surface area contributed by atoms with E-state index in [4.69, 9.17) is 4.74 Å². The van der Waals surface area contributed by atoms with Crippen LogP contribution >= 0.6 is 0 Å². The van der Waals surface area contributed by atoms with Gasteiger partial charge in [-0.25, -0.2) is 4.90 Å². The summed E-state index contributed by atoms with van der Waals surface area (Å²) in [7, 11) is 0. The molecule has 1 aliphatic heterocycles. The largest absolute Gasteiger partial charge is 0.494 e. The summed E-state index contributed by atoms with van der Waals surface area (Å²) < 4.78 is 5.48. The number of benzene rings is 3. The minimum atomic E-state index is -1.61. The number of rotatable bonds is 4. The molecule has 0 unspecified atom stereocenters. The Bertz CT molecular complexity index is 1280. The van der Waals surface area contributed by atoms with E-state index >= 15 is 0 Å². The lowest BCUT2D eigenvalue weighted by molar-refractivity contribution is -0.149. The zero-order valence-electron chi connectivity index (χ0n) is 17.9. The van der Waals surface area contributed by atoms with E-state index in [1.165, 1.54) is 4.90 Å². The molecule has 164 valence electrons. The summed E-state index contributed by atoms with van der Waals surface area (Å²) >= 11 is 0. The monoisotopic (exact) mass is 439 g/mol. The van der Waals surface area contributed by atoms with Crippen molar-refractivity contribution in [1.82, 2.24) is 0 Å². The van der Waals surface area contributed by atoms with Crippen LogP contribution in [0.4, 0.5) is 5.69 Å². The highest BCUT2D eigenvalue weighted by Crippen LogP contribution is 2.64. The lowest BCUT2D eigenvalue weighted by Gasteiger charge is -2.51. The number of amides is 2. The van der Waals surface area contributed by atoms with Gasteiger partial charge >= 0.3 is 5.97 Å². The summed E-state index contributed by atoms with van der Waals surface area (Å²) in [5.74, 6) is -3.44. The fourth-order valence-corrected chi connectivity index (χ4v) is 6.25. The number of anilines is 1. The number of ether oxygens (including phenoxy) is 1. The van der Waals surface area contributed by atoms with Crippen molar-refractivity contribution in [2.45, 2.75) is 18.3 Å². The molecule has 3 aromatic rings. The highest BCUT2D eigenvalue weighted by Gasteiger charge is 2.71. The maximum absolute atomic E-state index is 13.9. The SMILES string of the molecule is CCOc1ccc(N2C(=O)[C@@H]3C4c5ccccc5C(C(=O)O)(c5ccccc54)[C@@H]3C2=O)cc1. The van der Waals surface area contributed by atoms with Gasteiger partial charge < -0.3 is 9.84 Å². The molecule has 0 spiro atoms. The first-order valence-electron chi connectivity index (χ1n) is 11.0. The molecule has 1 fully saturated rings. The van der Waals surface area contributed by atoms with Crippen LogP contribution < -0.4 is 9.64 Å². The van der Waals surface area contributed by atoms with Gasteiger partial charge in [0.15, 0.2) is 0 Å². The summed E-state index contributed by atoms with van der Waals surface area (Å²) in [5.41, 5.74) is 1.66. The summed E-state index contributed by atoms with van der Waals surface area (Å²) in [4.78, 5) is 42.0. The predicted molar refractivity (Wildman–Crippen MR) is 120 cm³/mol. The van der Waals surface area contributed by atoms with E-state index in [-0.39, 0.29) is 11.8 Å². The van der Waals surface area contributed by atoms with Crippen molar-refractivity contribution in [1.29, 1.82) is 0 Å². The number of carboxylic acid groups (broad SMARTS) is 1. The van der Waals surface area contributed by atoms with Gasteiger partial charge in [-0.3, -0.25) is 14.4 Å². The number of nitrogens with zero attached hydrogens (tertiary/aromatic N) is 1. The molecule has 6 heteroatoms. The molecule has 2 amide bonds. The highest BCUT2D eigenvalue weighted by atomic mass is 16.5. The molecule has 1 saturated heterocycles. The molecular weight excluding hydrogens is 418 g/mol. The van der Waals surface area contributed by atoms with Crippen molar-refractivity contribution < 1.29 is 24.2 Å². The van der Waals surface area contributed by atoms with E-state index in [0.29, 0.717) is 29.2 Å². The molecule has 0 aromatic heterocycles. The Morgan fingerprint density at radius 1 is 0.909 bits per heavy atom. The third-order valence-electron chi connectivity index (χ3n) is 7.36. The van der Waals surface area contributed by atoms with Crippen molar-refractivity contribution in [3.8, 4) is 5.75 Å². The van der Waals surface area contributed by atoms with Crippen LogP contribution in [0.25, 0.3) is 0 Å². The summed E-state index contributed by atoms with van der Waals surface area (Å²) in [5, 5.41) is 10.7. The van der Waals surface area contributed by atoms with Gasteiger partial charge in [0.2, 0.25) is 11.8 Å². The normalized spacial score (nSPS) is 26.6. The molecule has 7 rings (SSSR count). The minimum absolute atomic E-state index is 0.353. The maximum Gasteiger partial charge on any atom is 0.319 e. The van der Waals surface area contributed by atoms with Crippen LogP contribution in [0.3, 0.4) is 0 Å². The Morgan fingerprint density at radius 2 is 1.48 bits per heavy atom. The molecule has 3 aromatic carbocycles. The fraction of sp³-hybridized carbons (Fsp3) is 0.222. The first-order chi connectivity index (χ1) is 16.0. The fourth-order valence-electron chi connectivity index (χ4n) is 6.25. The summed E-state index contributed by atoms with van der Waals surface area (Å²) in [6.07, 6.45) is 0. The molecular formula is C27H21NO5.